The van der Waals surface area contributed by atoms with Gasteiger partial charge in [-0.05, 0) is 49.2 Å². The molecule has 2 saturated heterocycles. The van der Waals surface area contributed by atoms with E-state index in [0.717, 1.165) is 35.8 Å². The van der Waals surface area contributed by atoms with Crippen molar-refractivity contribution in [3.63, 3.8) is 0 Å². The van der Waals surface area contributed by atoms with Crippen LogP contribution in [0.4, 0.5) is 10.1 Å². The molecule has 3 nitrogen and oxygen atoms in total. The van der Waals surface area contributed by atoms with Gasteiger partial charge in [0.1, 0.15) is 0 Å². The molecule has 0 unspecified atom stereocenters. The van der Waals surface area contributed by atoms with Gasteiger partial charge in [0.25, 0.3) is 0 Å². The lowest BCUT2D eigenvalue weighted by Gasteiger charge is -2.18. The molecule has 4 rings (SSSR count). The van der Waals surface area contributed by atoms with Gasteiger partial charge in [0, 0.05) is 47.0 Å². The summed E-state index contributed by atoms with van der Waals surface area (Å²) in [5.74, 6) is 1.67. The monoisotopic (exact) mass is 403 g/mol. The van der Waals surface area contributed by atoms with Gasteiger partial charge in [-0.15, -0.1) is 23.5 Å². The highest BCUT2D eigenvalue weighted by atomic mass is 32.2. The number of carbonyl (C=O) groups is 1. The van der Waals surface area contributed by atoms with Crippen molar-refractivity contribution in [2.45, 2.75) is 17.4 Å². The summed E-state index contributed by atoms with van der Waals surface area (Å²) in [6.07, 6.45) is 2.43. The molecule has 0 radical (unpaired) electrons. The summed E-state index contributed by atoms with van der Waals surface area (Å²) in [6.45, 7) is 2.13. The Morgan fingerprint density at radius 2 is 1.74 bits per heavy atom. The number of ketones is 1. The van der Waals surface area contributed by atoms with Gasteiger partial charge in [-0.3, -0.25) is 4.79 Å². The Hall–Kier alpha value is -1.66. The van der Waals surface area contributed by atoms with Crippen LogP contribution in [0.25, 0.3) is 0 Å². The second-order valence-electron chi connectivity index (χ2n) is 6.72. The zero-order valence-corrected chi connectivity index (χ0v) is 16.9. The molecular weight excluding hydrogens is 381 g/mol. The van der Waals surface area contributed by atoms with E-state index in [0.29, 0.717) is 11.1 Å². The number of nitrogens with zero attached hydrogens (tertiary/aromatic N) is 1. The van der Waals surface area contributed by atoms with Gasteiger partial charge in [-0.1, -0.05) is 0 Å². The smallest absolute Gasteiger partial charge is 0.193 e. The number of rotatable bonds is 5. The fourth-order valence-corrected chi connectivity index (χ4v) is 6.51. The van der Waals surface area contributed by atoms with Crippen LogP contribution < -0.4 is 9.64 Å². The van der Waals surface area contributed by atoms with Crippen LogP contribution in [0.15, 0.2) is 36.4 Å². The minimum Gasteiger partial charge on any atom is -0.493 e. The first kappa shape index (κ1) is 18.7. The minimum absolute atomic E-state index is 0.111. The Kier molecular flexibility index (Phi) is 5.64. The van der Waals surface area contributed by atoms with Gasteiger partial charge in [0.2, 0.25) is 0 Å². The minimum atomic E-state index is -0.472. The van der Waals surface area contributed by atoms with Crippen LogP contribution in [-0.4, -0.2) is 37.5 Å². The molecule has 2 heterocycles. The summed E-state index contributed by atoms with van der Waals surface area (Å²) < 4.78 is 20.0. The molecule has 2 fully saturated rings. The average molecular weight is 404 g/mol. The maximum absolute atomic E-state index is 14.6. The summed E-state index contributed by atoms with van der Waals surface area (Å²) in [5, 5.41) is 0. The van der Waals surface area contributed by atoms with E-state index in [-0.39, 0.29) is 16.1 Å². The number of benzene rings is 2. The molecule has 0 aromatic heterocycles. The first-order chi connectivity index (χ1) is 13.2. The molecule has 6 heteroatoms. The van der Waals surface area contributed by atoms with E-state index in [1.165, 1.54) is 26.0 Å². The van der Waals surface area contributed by atoms with Crippen molar-refractivity contribution in [3.8, 4) is 5.75 Å². The fourth-order valence-electron chi connectivity index (χ4n) is 3.64. The SMILES string of the molecule is COc1c(F)cc(C(=O)c2ccc(N3CCCC3)cc2)cc1C1SCCS1. The lowest BCUT2D eigenvalue weighted by atomic mass is 10.0. The average Bonchev–Trinajstić information content (AvgIpc) is 3.41. The quantitative estimate of drug-likeness (QED) is 0.645. The molecule has 0 spiro atoms. The lowest BCUT2D eigenvalue weighted by Crippen LogP contribution is -2.17. The number of methoxy groups -OCH3 is 1. The third kappa shape index (κ3) is 3.83. The highest BCUT2D eigenvalue weighted by Gasteiger charge is 2.26. The first-order valence-electron chi connectivity index (χ1n) is 9.18. The standard InChI is InChI=1S/C21H22FNO2S2/c1-25-20-17(21-26-10-11-27-21)12-15(13-18(20)22)19(24)14-4-6-16(7-5-14)23-8-2-3-9-23/h4-7,12-13,21H,2-3,8-11H2,1H3. The van der Waals surface area contributed by atoms with E-state index in [2.05, 4.69) is 4.90 Å². The van der Waals surface area contributed by atoms with E-state index in [4.69, 9.17) is 4.74 Å². The predicted octanol–water partition coefficient (Wildman–Crippen LogP) is 5.14. The predicted molar refractivity (Wildman–Crippen MR) is 112 cm³/mol. The van der Waals surface area contributed by atoms with Gasteiger partial charge in [0.05, 0.1) is 11.7 Å². The Bertz CT molecular complexity index is 829. The molecule has 0 N–H and O–H groups in total. The highest BCUT2D eigenvalue weighted by Crippen LogP contribution is 2.49. The summed E-state index contributed by atoms with van der Waals surface area (Å²) in [6, 6.07) is 10.8. The van der Waals surface area contributed by atoms with Gasteiger partial charge in [-0.25, -0.2) is 4.39 Å². The molecule has 0 saturated carbocycles. The lowest BCUT2D eigenvalue weighted by molar-refractivity contribution is 0.103. The molecule has 2 aromatic carbocycles. The van der Waals surface area contributed by atoms with Crippen LogP contribution in [0.5, 0.6) is 5.75 Å². The van der Waals surface area contributed by atoms with E-state index in [9.17, 15) is 9.18 Å². The maximum atomic E-state index is 14.6. The van der Waals surface area contributed by atoms with Gasteiger partial charge in [-0.2, -0.15) is 0 Å². The number of hydrogen-bond acceptors (Lipinski definition) is 5. The van der Waals surface area contributed by atoms with Crippen LogP contribution in [0.3, 0.4) is 0 Å². The van der Waals surface area contributed by atoms with E-state index < -0.39 is 5.82 Å². The number of thioether (sulfide) groups is 2. The van der Waals surface area contributed by atoms with Crippen LogP contribution in [0, 0.1) is 5.82 Å². The van der Waals surface area contributed by atoms with Gasteiger partial charge in [0.15, 0.2) is 17.3 Å². The number of halogens is 1. The third-order valence-electron chi connectivity index (χ3n) is 5.02. The van der Waals surface area contributed by atoms with Gasteiger partial charge >= 0.3 is 0 Å². The molecule has 0 amide bonds. The van der Waals surface area contributed by atoms with Crippen molar-refractivity contribution in [1.82, 2.24) is 0 Å². The van der Waals surface area contributed by atoms with E-state index in [1.54, 1.807) is 29.6 Å². The number of hydrogen-bond donors (Lipinski definition) is 0. The largest absolute Gasteiger partial charge is 0.493 e. The normalized spacial score (nSPS) is 17.5. The van der Waals surface area contributed by atoms with E-state index in [1.807, 2.05) is 24.3 Å². The zero-order valence-electron chi connectivity index (χ0n) is 15.2. The molecule has 0 aliphatic carbocycles. The molecule has 0 bridgehead atoms. The van der Waals surface area contributed by atoms with Crippen molar-refractivity contribution in [3.05, 3.63) is 58.9 Å². The molecular formula is C21H22FNO2S2. The summed E-state index contributed by atoms with van der Waals surface area (Å²) >= 11 is 3.53. The van der Waals surface area contributed by atoms with Crippen molar-refractivity contribution in [1.29, 1.82) is 0 Å². The van der Waals surface area contributed by atoms with E-state index >= 15 is 0 Å². The highest BCUT2D eigenvalue weighted by molar-refractivity contribution is 8.19. The number of ether oxygens (including phenoxy) is 1. The molecule has 2 aromatic rings. The molecule has 2 aliphatic heterocycles. The summed E-state index contributed by atoms with van der Waals surface area (Å²) in [4.78, 5) is 15.3. The van der Waals surface area contributed by atoms with Crippen molar-refractivity contribution < 1.29 is 13.9 Å². The molecule has 142 valence electrons. The summed E-state index contributed by atoms with van der Waals surface area (Å²) in [5.41, 5.74) is 2.87. The van der Waals surface area contributed by atoms with Crippen LogP contribution in [0.2, 0.25) is 0 Å². The molecule has 2 aliphatic rings. The molecule has 27 heavy (non-hydrogen) atoms. The Balaban J connectivity index is 1.63. The zero-order chi connectivity index (χ0) is 18.8. The van der Waals surface area contributed by atoms with Crippen LogP contribution in [0.1, 0.15) is 38.9 Å². The first-order valence-corrected chi connectivity index (χ1v) is 11.3. The van der Waals surface area contributed by atoms with Crippen molar-refractivity contribution in [2.75, 3.05) is 36.6 Å². The van der Waals surface area contributed by atoms with Crippen molar-refractivity contribution in [2.24, 2.45) is 0 Å². The van der Waals surface area contributed by atoms with Gasteiger partial charge < -0.3 is 9.64 Å². The second-order valence-corrected chi connectivity index (χ2v) is 9.45. The van der Waals surface area contributed by atoms with Crippen LogP contribution in [-0.2, 0) is 0 Å². The Labute approximate surface area is 167 Å². The maximum Gasteiger partial charge on any atom is 0.193 e. The topological polar surface area (TPSA) is 29.5 Å². The number of anilines is 1. The summed E-state index contributed by atoms with van der Waals surface area (Å²) in [7, 11) is 1.48. The Morgan fingerprint density at radius 3 is 2.37 bits per heavy atom. The molecule has 0 atom stereocenters. The second kappa shape index (κ2) is 8.15. The number of carbonyl (C=O) groups excluding carboxylic acids is 1. The van der Waals surface area contributed by atoms with Crippen molar-refractivity contribution >= 4 is 35.0 Å². The fraction of sp³-hybridized carbons (Fsp3) is 0.381. The third-order valence-corrected chi connectivity index (χ3v) is 8.08. The van der Waals surface area contributed by atoms with Crippen LogP contribution >= 0.6 is 23.5 Å². The Morgan fingerprint density at radius 1 is 1.07 bits per heavy atom.